The first kappa shape index (κ1) is 80.8. The molecule has 6 N–H and O–H groups in total. The Bertz CT molecular complexity index is 2400. The van der Waals surface area contributed by atoms with Crippen LogP contribution >= 0.6 is 0 Å². The molecule has 25 nitrogen and oxygen atoms in total. The Morgan fingerprint density at radius 3 is 1.40 bits per heavy atom. The van der Waals surface area contributed by atoms with Gasteiger partial charge in [-0.25, -0.2) is 0 Å². The number of hydrogen-bond donors (Lipinski definition) is 6. The molecule has 0 aromatic heterocycles. The molecule has 0 radical (unpaired) electrons. The van der Waals surface area contributed by atoms with E-state index in [0.29, 0.717) is 6.42 Å². The molecule has 0 spiro atoms. The van der Waals surface area contributed by atoms with Gasteiger partial charge in [0.1, 0.15) is 60.4 Å². The van der Waals surface area contributed by atoms with Crippen molar-refractivity contribution in [3.63, 3.8) is 0 Å². The van der Waals surface area contributed by atoms with Gasteiger partial charge in [0, 0.05) is 49.3 Å². The highest BCUT2D eigenvalue weighted by Crippen LogP contribution is 2.26. The number of allylic oxidation sites excluding steroid dienone is 2. The maximum atomic E-state index is 15.2. The standard InChI is InChI=1S/C64H115N11O14/c1-24-26-27-42(15)54(78)53-58(82)66-44(25-2)59(83)69(17)34-50(77)70(18)46(30-36(3)4)57(81)68-51(40(11)12)63(87)71(19)47(31-37(5)6)56(80)65-43(16)55(79)67-45(35-89-29-28-76)60(84)72(20)48(32-38(7)8)61(85)73(21)49(33-39(9)10)62(86)74(22)52(41(13)14)64(88)75(53)23/h24,26,36-49,51-54,76,78H,25,27-35H2,1-23H3,(H,65,80)(H,66,82)(H,67,79)(H,68,81)/b26-24+/t42-,43+,44+,45-,46+,47+,48+,49+,51+,52+,53+,54-/m1/s1. The second-order valence-electron chi connectivity index (χ2n) is 26.7. The molecule has 0 saturated carbocycles. The van der Waals surface area contributed by atoms with Gasteiger partial charge in [-0.15, -0.1) is 0 Å². The first-order valence-electron chi connectivity index (χ1n) is 31.8. The van der Waals surface area contributed by atoms with Crippen LogP contribution in [-0.2, 0) is 57.5 Å². The third-order valence-electron chi connectivity index (χ3n) is 16.5. The number of nitrogens with zero attached hydrogens (tertiary/aromatic N) is 7. The molecule has 0 bridgehead atoms. The van der Waals surface area contributed by atoms with Gasteiger partial charge in [0.2, 0.25) is 65.0 Å². The summed E-state index contributed by atoms with van der Waals surface area (Å²) in [6.45, 7) is 26.5. The zero-order chi connectivity index (χ0) is 68.8. The number of rotatable bonds is 19. The molecular formula is C64H115N11O14. The monoisotopic (exact) mass is 1260 g/mol. The van der Waals surface area contributed by atoms with Crippen LogP contribution in [0.1, 0.15) is 149 Å². The van der Waals surface area contributed by atoms with Crippen molar-refractivity contribution in [3.05, 3.63) is 12.2 Å². The Labute approximate surface area is 531 Å². The molecular weight excluding hydrogens is 1150 g/mol. The normalized spacial score (nSPS) is 26.2. The van der Waals surface area contributed by atoms with E-state index in [9.17, 15) is 48.6 Å². The number of aliphatic hydroxyl groups excluding tert-OH is 2. The second-order valence-corrected chi connectivity index (χ2v) is 26.7. The zero-order valence-electron chi connectivity index (χ0n) is 58.0. The summed E-state index contributed by atoms with van der Waals surface area (Å²) in [6, 6.07) is -13.0. The summed E-state index contributed by atoms with van der Waals surface area (Å²) in [4.78, 5) is 170. The van der Waals surface area contributed by atoms with Crippen molar-refractivity contribution in [3.8, 4) is 0 Å². The first-order chi connectivity index (χ1) is 41.2. The van der Waals surface area contributed by atoms with Crippen molar-refractivity contribution in [2.24, 2.45) is 41.4 Å². The van der Waals surface area contributed by atoms with E-state index in [1.165, 1.54) is 80.8 Å². The number of hydrogen-bond acceptors (Lipinski definition) is 14. The van der Waals surface area contributed by atoms with E-state index in [2.05, 4.69) is 21.3 Å². The van der Waals surface area contributed by atoms with Crippen LogP contribution in [0.15, 0.2) is 12.2 Å². The fraction of sp³-hybridized carbons (Fsp3) is 0.797. The van der Waals surface area contributed by atoms with E-state index in [-0.39, 0.29) is 62.4 Å². The predicted octanol–water partition coefficient (Wildman–Crippen LogP) is 2.26. The van der Waals surface area contributed by atoms with E-state index in [1.54, 1.807) is 60.6 Å². The molecule has 0 aromatic carbocycles. The quantitative estimate of drug-likeness (QED) is 0.0799. The molecule has 0 unspecified atom stereocenters. The number of carbonyl (C=O) groups is 11. The fourth-order valence-corrected chi connectivity index (χ4v) is 11.0. The number of nitrogens with one attached hydrogen (secondary N) is 4. The summed E-state index contributed by atoms with van der Waals surface area (Å²) in [7, 11) is 9.76. The maximum Gasteiger partial charge on any atom is 0.247 e. The lowest BCUT2D eigenvalue weighted by Crippen LogP contribution is -2.63. The van der Waals surface area contributed by atoms with Crippen LogP contribution in [0.25, 0.3) is 0 Å². The molecule has 1 aliphatic rings. The summed E-state index contributed by atoms with van der Waals surface area (Å²) >= 11 is 0. The summed E-state index contributed by atoms with van der Waals surface area (Å²) < 4.78 is 5.61. The summed E-state index contributed by atoms with van der Waals surface area (Å²) in [5, 5.41) is 32.7. The largest absolute Gasteiger partial charge is 0.394 e. The lowest BCUT2D eigenvalue weighted by molar-refractivity contribution is -0.157. The van der Waals surface area contributed by atoms with Gasteiger partial charge < -0.3 is 70.5 Å². The van der Waals surface area contributed by atoms with Crippen LogP contribution in [-0.4, -0.2) is 252 Å². The van der Waals surface area contributed by atoms with Gasteiger partial charge >= 0.3 is 0 Å². The van der Waals surface area contributed by atoms with E-state index in [0.717, 1.165) is 9.80 Å². The SMILES string of the molecule is C/C=C/C[C@@H](C)[C@@H](O)[C@H]1C(=O)N[C@@H](CC)C(=O)N(C)CC(=O)N(C)[C@@H](CC(C)C)C(=O)N[C@@H](C(C)C)C(=O)N(C)[C@@H](CC(C)C)C(=O)N[C@@H](C)C(=O)N[C@H](COCCO)C(=O)N(C)[C@@H](CC(C)C)C(=O)N(C)[C@@H](CC(C)C)C(=O)N(C)[C@@H](C(C)C)C(=O)N1C. The average molecular weight is 1260 g/mol. The third-order valence-corrected chi connectivity index (χ3v) is 16.5. The summed E-state index contributed by atoms with van der Waals surface area (Å²) in [5.74, 6) is -10.4. The van der Waals surface area contributed by atoms with Gasteiger partial charge in [-0.05, 0) is 93.8 Å². The van der Waals surface area contributed by atoms with Crippen molar-refractivity contribution in [2.45, 2.75) is 216 Å². The molecule has 510 valence electrons. The topological polar surface area (TPSA) is 308 Å². The van der Waals surface area contributed by atoms with Crippen LogP contribution in [0.5, 0.6) is 0 Å². The van der Waals surface area contributed by atoms with Gasteiger partial charge in [-0.1, -0.05) is 109 Å². The Balaban J connectivity index is 4.44. The van der Waals surface area contributed by atoms with Crippen LogP contribution in [0.2, 0.25) is 0 Å². The number of aliphatic hydroxyl groups is 2. The van der Waals surface area contributed by atoms with Gasteiger partial charge in [-0.2, -0.15) is 0 Å². The lowest BCUT2D eigenvalue weighted by atomic mass is 9.91. The van der Waals surface area contributed by atoms with Crippen molar-refractivity contribution in [2.75, 3.05) is 75.7 Å². The highest BCUT2D eigenvalue weighted by Gasteiger charge is 2.46. The highest BCUT2D eigenvalue weighted by molar-refractivity contribution is 5.99. The number of likely N-dealkylation sites (N-methyl/N-ethyl adjacent to an activating group) is 7. The minimum atomic E-state index is -1.63. The minimum absolute atomic E-state index is 0.00958. The Hall–Kier alpha value is -6.21. The number of amides is 11. The maximum absolute atomic E-state index is 15.2. The highest BCUT2D eigenvalue weighted by atomic mass is 16.5. The van der Waals surface area contributed by atoms with Crippen molar-refractivity contribution in [1.82, 2.24) is 55.6 Å². The summed E-state index contributed by atoms with van der Waals surface area (Å²) in [5.41, 5.74) is 0. The Kier molecular flexibility index (Phi) is 34.3. The van der Waals surface area contributed by atoms with E-state index < -0.39 is 169 Å². The van der Waals surface area contributed by atoms with Gasteiger partial charge in [0.15, 0.2) is 0 Å². The van der Waals surface area contributed by atoms with Crippen LogP contribution in [0.3, 0.4) is 0 Å². The predicted molar refractivity (Wildman–Crippen MR) is 341 cm³/mol. The van der Waals surface area contributed by atoms with E-state index in [4.69, 9.17) is 4.74 Å². The van der Waals surface area contributed by atoms with Crippen molar-refractivity contribution >= 4 is 65.0 Å². The molecule has 11 amide bonds. The number of ether oxygens (including phenoxy) is 1. The second kappa shape index (κ2) is 37.8. The van der Waals surface area contributed by atoms with Crippen LogP contribution in [0.4, 0.5) is 0 Å². The molecule has 25 heteroatoms. The third kappa shape index (κ3) is 23.5. The molecule has 0 aliphatic carbocycles. The molecule has 0 aromatic rings. The smallest absolute Gasteiger partial charge is 0.247 e. The van der Waals surface area contributed by atoms with Crippen LogP contribution in [0, 0.1) is 41.4 Å². The van der Waals surface area contributed by atoms with E-state index >= 15 is 14.4 Å². The average Bonchev–Trinajstić information content (AvgIpc) is 2.46. The Morgan fingerprint density at radius 2 is 0.944 bits per heavy atom. The van der Waals surface area contributed by atoms with Gasteiger partial charge in [0.05, 0.1) is 32.5 Å². The molecule has 1 aliphatic heterocycles. The van der Waals surface area contributed by atoms with Crippen molar-refractivity contribution < 1.29 is 67.7 Å². The van der Waals surface area contributed by atoms with Gasteiger partial charge in [-0.3, -0.25) is 52.7 Å². The molecule has 1 saturated heterocycles. The Morgan fingerprint density at radius 1 is 0.506 bits per heavy atom. The zero-order valence-corrected chi connectivity index (χ0v) is 58.0. The van der Waals surface area contributed by atoms with E-state index in [1.807, 2.05) is 55.4 Å². The molecule has 1 fully saturated rings. The molecule has 1 rings (SSSR count). The van der Waals surface area contributed by atoms with Crippen molar-refractivity contribution in [1.29, 1.82) is 0 Å². The molecule has 89 heavy (non-hydrogen) atoms. The van der Waals surface area contributed by atoms with Crippen LogP contribution < -0.4 is 21.3 Å². The lowest BCUT2D eigenvalue weighted by Gasteiger charge is -2.41. The fourth-order valence-electron chi connectivity index (χ4n) is 11.0. The van der Waals surface area contributed by atoms with Gasteiger partial charge in [0.25, 0.3) is 0 Å². The number of carbonyl (C=O) groups excluding carboxylic acids is 11. The minimum Gasteiger partial charge on any atom is -0.394 e. The first-order valence-corrected chi connectivity index (χ1v) is 31.8. The molecule has 12 atom stereocenters. The summed E-state index contributed by atoms with van der Waals surface area (Å²) in [6.07, 6.45) is 2.81. The molecule has 1 heterocycles.